The minimum Gasteiger partial charge on any atom is -0.495 e. The van der Waals surface area contributed by atoms with Crippen LogP contribution in [0.5, 0.6) is 5.75 Å². The third kappa shape index (κ3) is 3.88. The topological polar surface area (TPSA) is 75.6 Å². The van der Waals surface area contributed by atoms with Crippen molar-refractivity contribution in [3.8, 4) is 5.75 Å². The molecule has 0 aliphatic heterocycles. The van der Waals surface area contributed by atoms with E-state index >= 15 is 0 Å². The van der Waals surface area contributed by atoms with Gasteiger partial charge in [0.05, 0.1) is 18.4 Å². The van der Waals surface area contributed by atoms with E-state index in [1.165, 1.54) is 25.3 Å². The zero-order chi connectivity index (χ0) is 17.0. The molecule has 2 rings (SSSR count). The number of carboxylic acid groups (broad SMARTS) is 1. The molecule has 5 heteroatoms. The van der Waals surface area contributed by atoms with E-state index in [2.05, 4.69) is 19.2 Å². The van der Waals surface area contributed by atoms with E-state index in [1.807, 2.05) is 12.1 Å². The summed E-state index contributed by atoms with van der Waals surface area (Å²) in [5.41, 5.74) is 2.05. The first kappa shape index (κ1) is 16.5. The Morgan fingerprint density at radius 2 is 1.65 bits per heavy atom. The van der Waals surface area contributed by atoms with Crippen LogP contribution < -0.4 is 10.1 Å². The predicted octanol–water partition coefficient (Wildman–Crippen LogP) is 3.77. The van der Waals surface area contributed by atoms with E-state index < -0.39 is 5.97 Å². The molecular weight excluding hydrogens is 294 g/mol. The molecule has 0 fully saturated rings. The minimum atomic E-state index is -1.07. The molecule has 0 radical (unpaired) electrons. The van der Waals surface area contributed by atoms with Gasteiger partial charge in [-0.15, -0.1) is 0 Å². The van der Waals surface area contributed by atoms with Crippen molar-refractivity contribution in [1.29, 1.82) is 0 Å². The van der Waals surface area contributed by atoms with Crippen LogP contribution in [0, 0.1) is 0 Å². The number of ether oxygens (including phenoxy) is 1. The molecule has 0 aromatic heterocycles. The first-order valence-corrected chi connectivity index (χ1v) is 7.25. The minimum absolute atomic E-state index is 0.0799. The molecule has 0 bridgehead atoms. The smallest absolute Gasteiger partial charge is 0.335 e. The average Bonchev–Trinajstić information content (AvgIpc) is 2.54. The molecule has 0 saturated carbocycles. The standard InChI is InChI=1S/C18H19NO4/c1-11(2)12-4-6-13(7-5-12)17(20)19-15-10-14(18(21)22)8-9-16(15)23-3/h4-11H,1-3H3,(H,19,20)(H,21,22). The third-order valence-corrected chi connectivity index (χ3v) is 3.53. The van der Waals surface area contributed by atoms with Crippen LogP contribution >= 0.6 is 0 Å². The Labute approximate surface area is 134 Å². The van der Waals surface area contributed by atoms with E-state index in [9.17, 15) is 9.59 Å². The molecule has 1 amide bonds. The van der Waals surface area contributed by atoms with Crippen molar-refractivity contribution in [1.82, 2.24) is 0 Å². The van der Waals surface area contributed by atoms with Gasteiger partial charge in [0.1, 0.15) is 5.75 Å². The third-order valence-electron chi connectivity index (χ3n) is 3.53. The van der Waals surface area contributed by atoms with Crippen molar-refractivity contribution in [2.45, 2.75) is 19.8 Å². The summed E-state index contributed by atoms with van der Waals surface area (Å²) < 4.78 is 5.16. The predicted molar refractivity (Wildman–Crippen MR) is 88.4 cm³/mol. The molecule has 0 aliphatic carbocycles. The fourth-order valence-electron chi connectivity index (χ4n) is 2.15. The van der Waals surface area contributed by atoms with Crippen molar-refractivity contribution >= 4 is 17.6 Å². The Balaban J connectivity index is 2.25. The molecule has 5 nitrogen and oxygen atoms in total. The van der Waals surface area contributed by atoms with Gasteiger partial charge in [-0.25, -0.2) is 4.79 Å². The van der Waals surface area contributed by atoms with Gasteiger partial charge in [0.2, 0.25) is 0 Å². The second kappa shape index (κ2) is 6.96. The average molecular weight is 313 g/mol. The lowest BCUT2D eigenvalue weighted by molar-refractivity contribution is 0.0696. The van der Waals surface area contributed by atoms with E-state index in [0.717, 1.165) is 5.56 Å². The molecule has 120 valence electrons. The van der Waals surface area contributed by atoms with Gasteiger partial charge in [0.25, 0.3) is 5.91 Å². The first-order valence-electron chi connectivity index (χ1n) is 7.25. The van der Waals surface area contributed by atoms with Gasteiger partial charge in [0.15, 0.2) is 0 Å². The Bertz CT molecular complexity index is 720. The number of nitrogens with one attached hydrogen (secondary N) is 1. The van der Waals surface area contributed by atoms with Gasteiger partial charge in [0, 0.05) is 5.56 Å². The van der Waals surface area contributed by atoms with Crippen molar-refractivity contribution in [2.75, 3.05) is 12.4 Å². The van der Waals surface area contributed by atoms with Crippen LogP contribution in [0.1, 0.15) is 46.0 Å². The zero-order valence-electron chi connectivity index (χ0n) is 13.3. The molecule has 0 aliphatic rings. The SMILES string of the molecule is COc1ccc(C(=O)O)cc1NC(=O)c1ccc(C(C)C)cc1. The highest BCUT2D eigenvalue weighted by atomic mass is 16.5. The second-order valence-electron chi connectivity index (χ2n) is 5.45. The molecule has 0 spiro atoms. The summed E-state index contributed by atoms with van der Waals surface area (Å²) >= 11 is 0. The van der Waals surface area contributed by atoms with E-state index in [0.29, 0.717) is 22.9 Å². The van der Waals surface area contributed by atoms with Crippen LogP contribution in [-0.2, 0) is 0 Å². The summed E-state index contributed by atoms with van der Waals surface area (Å²) in [7, 11) is 1.46. The number of carbonyl (C=O) groups is 2. The summed E-state index contributed by atoms with van der Waals surface area (Å²) in [6, 6.07) is 11.6. The number of rotatable bonds is 5. The molecule has 0 atom stereocenters. The number of methoxy groups -OCH3 is 1. The van der Waals surface area contributed by atoms with Crippen LogP contribution in [0.15, 0.2) is 42.5 Å². The molecule has 0 saturated heterocycles. The van der Waals surface area contributed by atoms with E-state index in [4.69, 9.17) is 9.84 Å². The highest BCUT2D eigenvalue weighted by Gasteiger charge is 2.13. The van der Waals surface area contributed by atoms with E-state index in [1.54, 1.807) is 12.1 Å². The lowest BCUT2D eigenvalue weighted by atomic mass is 10.0. The summed E-state index contributed by atoms with van der Waals surface area (Å²) in [6.45, 7) is 4.16. The second-order valence-corrected chi connectivity index (χ2v) is 5.45. The zero-order valence-corrected chi connectivity index (χ0v) is 13.3. The van der Waals surface area contributed by atoms with Crippen LogP contribution in [0.2, 0.25) is 0 Å². The molecule has 0 unspecified atom stereocenters. The van der Waals surface area contributed by atoms with Gasteiger partial charge in [-0.2, -0.15) is 0 Å². The van der Waals surface area contributed by atoms with Crippen LogP contribution in [0.3, 0.4) is 0 Å². The fourth-order valence-corrected chi connectivity index (χ4v) is 2.15. The Morgan fingerprint density at radius 1 is 1.04 bits per heavy atom. The van der Waals surface area contributed by atoms with Crippen LogP contribution in [0.4, 0.5) is 5.69 Å². The number of benzene rings is 2. The monoisotopic (exact) mass is 313 g/mol. The Kier molecular flexibility index (Phi) is 5.01. The highest BCUT2D eigenvalue weighted by molar-refractivity contribution is 6.05. The number of aromatic carboxylic acids is 1. The maximum absolute atomic E-state index is 12.3. The number of hydrogen-bond donors (Lipinski definition) is 2. The molecule has 2 aromatic carbocycles. The molecule has 0 heterocycles. The van der Waals surface area contributed by atoms with Gasteiger partial charge in [-0.3, -0.25) is 4.79 Å². The molecular formula is C18H19NO4. The van der Waals surface area contributed by atoms with Gasteiger partial charge < -0.3 is 15.2 Å². The fraction of sp³-hybridized carbons (Fsp3) is 0.222. The Hall–Kier alpha value is -2.82. The van der Waals surface area contributed by atoms with Crippen molar-refractivity contribution in [3.05, 3.63) is 59.2 Å². The van der Waals surface area contributed by atoms with Crippen molar-refractivity contribution in [2.24, 2.45) is 0 Å². The highest BCUT2D eigenvalue weighted by Crippen LogP contribution is 2.26. The number of amides is 1. The first-order chi connectivity index (χ1) is 10.9. The summed E-state index contributed by atoms with van der Waals surface area (Å²) in [4.78, 5) is 23.4. The lowest BCUT2D eigenvalue weighted by Gasteiger charge is -2.12. The van der Waals surface area contributed by atoms with Gasteiger partial charge in [-0.05, 0) is 41.8 Å². The van der Waals surface area contributed by atoms with E-state index in [-0.39, 0.29) is 11.5 Å². The maximum atomic E-state index is 12.3. The molecule has 23 heavy (non-hydrogen) atoms. The normalized spacial score (nSPS) is 10.4. The number of anilines is 1. The van der Waals surface area contributed by atoms with Gasteiger partial charge in [-0.1, -0.05) is 26.0 Å². The molecule has 2 N–H and O–H groups in total. The number of hydrogen-bond acceptors (Lipinski definition) is 3. The Morgan fingerprint density at radius 3 is 2.17 bits per heavy atom. The number of carboxylic acids is 1. The largest absolute Gasteiger partial charge is 0.495 e. The van der Waals surface area contributed by atoms with Crippen molar-refractivity contribution < 1.29 is 19.4 Å². The van der Waals surface area contributed by atoms with Crippen LogP contribution in [0.25, 0.3) is 0 Å². The maximum Gasteiger partial charge on any atom is 0.335 e. The quantitative estimate of drug-likeness (QED) is 0.881. The summed E-state index contributed by atoms with van der Waals surface area (Å²) in [5, 5.41) is 11.7. The van der Waals surface area contributed by atoms with Crippen molar-refractivity contribution in [3.63, 3.8) is 0 Å². The summed E-state index contributed by atoms with van der Waals surface area (Å²) in [6.07, 6.45) is 0. The number of carbonyl (C=O) groups excluding carboxylic acids is 1. The molecule has 2 aromatic rings. The lowest BCUT2D eigenvalue weighted by Crippen LogP contribution is -2.13. The summed E-state index contributed by atoms with van der Waals surface area (Å²) in [5.74, 6) is -0.591. The van der Waals surface area contributed by atoms with Crippen LogP contribution in [-0.4, -0.2) is 24.1 Å². The van der Waals surface area contributed by atoms with Gasteiger partial charge >= 0.3 is 5.97 Å².